The highest BCUT2D eigenvalue weighted by Crippen LogP contribution is 2.37. The number of aromatic nitrogens is 2. The van der Waals surface area contributed by atoms with Crippen molar-refractivity contribution in [1.29, 1.82) is 0 Å². The van der Waals surface area contributed by atoms with E-state index in [0.29, 0.717) is 12.5 Å². The molecule has 2 aromatic carbocycles. The zero-order valence-electron chi connectivity index (χ0n) is 15.2. The number of piperidine rings is 1. The summed E-state index contributed by atoms with van der Waals surface area (Å²) in [6.07, 6.45) is 2.28. The molecule has 1 saturated heterocycles. The zero-order chi connectivity index (χ0) is 18.2. The van der Waals surface area contributed by atoms with Gasteiger partial charge in [0.1, 0.15) is 5.75 Å². The number of anilines is 1. The summed E-state index contributed by atoms with van der Waals surface area (Å²) in [5.74, 6) is 1.49. The van der Waals surface area contributed by atoms with Crippen molar-refractivity contribution in [2.75, 3.05) is 24.6 Å². The average molecular weight is 396 g/mol. The molecule has 1 aliphatic rings. The van der Waals surface area contributed by atoms with Crippen LogP contribution in [-0.2, 0) is 0 Å². The molecule has 0 unspecified atom stereocenters. The quantitative estimate of drug-likeness (QED) is 0.445. The Kier molecular flexibility index (Phi) is 4.45. The van der Waals surface area contributed by atoms with Crippen molar-refractivity contribution < 1.29 is 4.74 Å². The van der Waals surface area contributed by atoms with Gasteiger partial charge in [-0.25, -0.2) is 9.97 Å². The summed E-state index contributed by atoms with van der Waals surface area (Å²) in [6, 6.07) is 14.6. The number of rotatable bonds is 4. The van der Waals surface area contributed by atoms with Crippen molar-refractivity contribution in [1.82, 2.24) is 9.97 Å². The smallest absolute Gasteiger partial charge is 0.186 e. The van der Waals surface area contributed by atoms with E-state index in [0.717, 1.165) is 47.8 Å². The van der Waals surface area contributed by atoms with Gasteiger partial charge in [0.2, 0.25) is 0 Å². The van der Waals surface area contributed by atoms with E-state index in [1.807, 2.05) is 24.3 Å². The highest BCUT2D eigenvalue weighted by molar-refractivity contribution is 7.22. The number of nitrogens with zero attached hydrogens (tertiary/aromatic N) is 3. The number of hydrogen-bond donors (Lipinski definition) is 0. The van der Waals surface area contributed by atoms with Gasteiger partial charge in [-0.1, -0.05) is 23.5 Å². The molecule has 4 aromatic rings. The summed E-state index contributed by atoms with van der Waals surface area (Å²) in [4.78, 5) is 12.1. The molecular formula is C21H21N3OS2. The molecule has 6 heteroatoms. The second kappa shape index (κ2) is 7.09. The lowest BCUT2D eigenvalue weighted by molar-refractivity contribution is 0.341. The van der Waals surface area contributed by atoms with Crippen LogP contribution in [0.15, 0.2) is 42.5 Å². The van der Waals surface area contributed by atoms with Gasteiger partial charge in [-0.3, -0.25) is 0 Å². The van der Waals surface area contributed by atoms with Crippen LogP contribution >= 0.6 is 22.7 Å². The first-order valence-electron chi connectivity index (χ1n) is 9.44. The third-order valence-corrected chi connectivity index (χ3v) is 7.36. The highest BCUT2D eigenvalue weighted by atomic mass is 32.1. The van der Waals surface area contributed by atoms with Gasteiger partial charge >= 0.3 is 0 Å². The van der Waals surface area contributed by atoms with Crippen LogP contribution in [0.3, 0.4) is 0 Å². The fraction of sp³-hybridized carbons (Fsp3) is 0.333. The Bertz CT molecular complexity index is 1050. The first-order valence-corrected chi connectivity index (χ1v) is 11.1. The molecule has 138 valence electrons. The summed E-state index contributed by atoms with van der Waals surface area (Å²) in [6.45, 7) is 4.78. The number of hydrogen-bond acceptors (Lipinski definition) is 6. The fourth-order valence-electron chi connectivity index (χ4n) is 3.67. The maximum Gasteiger partial charge on any atom is 0.186 e. The van der Waals surface area contributed by atoms with Crippen LogP contribution in [0.1, 0.15) is 30.7 Å². The predicted molar refractivity (Wildman–Crippen MR) is 115 cm³/mol. The van der Waals surface area contributed by atoms with E-state index >= 15 is 0 Å². The van der Waals surface area contributed by atoms with E-state index in [9.17, 15) is 0 Å². The van der Waals surface area contributed by atoms with Crippen molar-refractivity contribution in [2.45, 2.75) is 25.7 Å². The van der Waals surface area contributed by atoms with Crippen LogP contribution in [0.5, 0.6) is 5.75 Å². The molecule has 0 aliphatic carbocycles. The lowest BCUT2D eigenvalue weighted by Crippen LogP contribution is -2.32. The van der Waals surface area contributed by atoms with E-state index in [4.69, 9.17) is 14.7 Å². The second-order valence-electron chi connectivity index (χ2n) is 6.84. The van der Waals surface area contributed by atoms with Gasteiger partial charge in [0, 0.05) is 19.0 Å². The van der Waals surface area contributed by atoms with Crippen molar-refractivity contribution in [3.05, 3.63) is 47.5 Å². The molecule has 5 rings (SSSR count). The summed E-state index contributed by atoms with van der Waals surface area (Å²) in [5, 5.41) is 2.42. The maximum atomic E-state index is 5.62. The number of ether oxygens (including phenoxy) is 1. The Morgan fingerprint density at radius 1 is 1.00 bits per heavy atom. The van der Waals surface area contributed by atoms with E-state index in [1.54, 1.807) is 11.3 Å². The molecule has 0 amide bonds. The molecule has 0 spiro atoms. The van der Waals surface area contributed by atoms with Crippen LogP contribution in [0.2, 0.25) is 0 Å². The fourth-order valence-corrected chi connectivity index (χ4v) is 5.85. The van der Waals surface area contributed by atoms with Crippen LogP contribution in [0.4, 0.5) is 5.13 Å². The molecular weight excluding hydrogens is 374 g/mol. The number of thiazole rings is 2. The van der Waals surface area contributed by atoms with Crippen molar-refractivity contribution >= 4 is 48.2 Å². The Labute approximate surface area is 166 Å². The van der Waals surface area contributed by atoms with Gasteiger partial charge in [0.25, 0.3) is 0 Å². The average Bonchev–Trinajstić information content (AvgIpc) is 3.32. The van der Waals surface area contributed by atoms with E-state index < -0.39 is 0 Å². The summed E-state index contributed by atoms with van der Waals surface area (Å²) < 4.78 is 8.11. The summed E-state index contributed by atoms with van der Waals surface area (Å²) in [5.41, 5.74) is 2.20. The molecule has 0 N–H and O–H groups in total. The molecule has 0 atom stereocenters. The number of fused-ring (bicyclic) bond motifs is 2. The molecule has 1 fully saturated rings. The third-order valence-electron chi connectivity index (χ3n) is 5.08. The third kappa shape index (κ3) is 3.28. The van der Waals surface area contributed by atoms with Gasteiger partial charge in [0.05, 0.1) is 32.0 Å². The zero-order valence-corrected chi connectivity index (χ0v) is 16.9. The van der Waals surface area contributed by atoms with Gasteiger partial charge in [-0.2, -0.15) is 0 Å². The molecule has 1 aliphatic heterocycles. The van der Waals surface area contributed by atoms with Crippen LogP contribution in [-0.4, -0.2) is 29.7 Å². The normalized spacial score (nSPS) is 15.7. The summed E-state index contributed by atoms with van der Waals surface area (Å²) >= 11 is 3.62. The van der Waals surface area contributed by atoms with E-state index in [2.05, 4.69) is 41.3 Å². The largest absolute Gasteiger partial charge is 0.494 e. The lowest BCUT2D eigenvalue weighted by atomic mass is 9.98. The van der Waals surface area contributed by atoms with Crippen LogP contribution in [0.25, 0.3) is 20.4 Å². The van der Waals surface area contributed by atoms with Gasteiger partial charge in [-0.15, -0.1) is 11.3 Å². The topological polar surface area (TPSA) is 38.2 Å². The molecule has 0 saturated carbocycles. The van der Waals surface area contributed by atoms with Crippen molar-refractivity contribution in [3.8, 4) is 5.75 Å². The molecule has 3 heterocycles. The molecule has 27 heavy (non-hydrogen) atoms. The minimum absolute atomic E-state index is 0.567. The van der Waals surface area contributed by atoms with Gasteiger partial charge in [0.15, 0.2) is 5.13 Å². The number of para-hydroxylation sites is 1. The summed E-state index contributed by atoms with van der Waals surface area (Å²) in [7, 11) is 0. The first kappa shape index (κ1) is 17.0. The number of benzene rings is 2. The molecule has 0 bridgehead atoms. The first-order chi connectivity index (χ1) is 13.3. The standard InChI is InChI=1S/C21H21N3OS2/c1-2-25-15-7-8-17-19(13-15)27-21(23-17)24-11-9-14(10-12-24)20-22-16-5-3-4-6-18(16)26-20/h3-8,13-14H,2,9-12H2,1H3. The van der Waals surface area contributed by atoms with E-state index in [1.165, 1.54) is 14.4 Å². The minimum Gasteiger partial charge on any atom is -0.494 e. The SMILES string of the molecule is CCOc1ccc2nc(N3CCC(c4nc5ccccc5s4)CC3)sc2c1. The van der Waals surface area contributed by atoms with E-state index in [-0.39, 0.29) is 0 Å². The Hall–Kier alpha value is -2.18. The Balaban J connectivity index is 1.31. The predicted octanol–water partition coefficient (Wildman–Crippen LogP) is 5.69. The van der Waals surface area contributed by atoms with Gasteiger partial charge < -0.3 is 9.64 Å². The second-order valence-corrected chi connectivity index (χ2v) is 8.91. The lowest BCUT2D eigenvalue weighted by Gasteiger charge is -2.30. The van der Waals surface area contributed by atoms with Crippen LogP contribution < -0.4 is 9.64 Å². The van der Waals surface area contributed by atoms with Crippen molar-refractivity contribution in [3.63, 3.8) is 0 Å². The Morgan fingerprint density at radius 2 is 1.81 bits per heavy atom. The van der Waals surface area contributed by atoms with Crippen molar-refractivity contribution in [2.24, 2.45) is 0 Å². The van der Waals surface area contributed by atoms with Gasteiger partial charge in [-0.05, 0) is 50.1 Å². The maximum absolute atomic E-state index is 5.62. The monoisotopic (exact) mass is 395 g/mol. The molecule has 4 nitrogen and oxygen atoms in total. The molecule has 0 radical (unpaired) electrons. The highest BCUT2D eigenvalue weighted by Gasteiger charge is 2.25. The molecule has 2 aromatic heterocycles. The minimum atomic E-state index is 0.567. The van der Waals surface area contributed by atoms with Crippen LogP contribution in [0, 0.1) is 0 Å². The Morgan fingerprint density at radius 3 is 2.63 bits per heavy atom.